The summed E-state index contributed by atoms with van der Waals surface area (Å²) in [6.45, 7) is 6.35. The molecule has 2 aromatic carbocycles. The van der Waals surface area contributed by atoms with Crippen LogP contribution in [0.15, 0.2) is 36.4 Å². The molecule has 2 heterocycles. The van der Waals surface area contributed by atoms with Crippen molar-refractivity contribution in [2.24, 2.45) is 7.05 Å². The van der Waals surface area contributed by atoms with Gasteiger partial charge in [0.15, 0.2) is 0 Å². The van der Waals surface area contributed by atoms with Crippen molar-refractivity contribution >= 4 is 21.9 Å². The molecule has 126 valence electrons. The lowest BCUT2D eigenvalue weighted by Crippen LogP contribution is -1.95. The number of rotatable bonds is 2. The Morgan fingerprint density at radius 2 is 1.64 bits per heavy atom. The van der Waals surface area contributed by atoms with Gasteiger partial charge in [0.25, 0.3) is 0 Å². The molecule has 4 nitrogen and oxygen atoms in total. The number of pyridine rings is 1. The molecule has 0 aliphatic rings. The first-order chi connectivity index (χ1) is 12.0. The number of ether oxygens (including phenoxy) is 1. The van der Waals surface area contributed by atoms with Crippen LogP contribution in [0.25, 0.3) is 33.3 Å². The zero-order valence-electron chi connectivity index (χ0n) is 15.2. The zero-order chi connectivity index (χ0) is 17.7. The van der Waals surface area contributed by atoms with E-state index in [1.54, 1.807) is 7.11 Å². The molecule has 0 saturated heterocycles. The van der Waals surface area contributed by atoms with E-state index in [9.17, 15) is 0 Å². The first-order valence-electron chi connectivity index (χ1n) is 8.37. The summed E-state index contributed by atoms with van der Waals surface area (Å²) in [5, 5.41) is 1.09. The zero-order valence-corrected chi connectivity index (χ0v) is 15.2. The van der Waals surface area contributed by atoms with Crippen molar-refractivity contribution in [2.45, 2.75) is 20.8 Å². The summed E-state index contributed by atoms with van der Waals surface area (Å²) >= 11 is 0. The standard InChI is InChI=1S/C21H21N3O/c1-12-9-17-18(10-13(12)2)24(4)21(22-17)16-8-14(3)20-15(11-16)6-7-19(23-20)25-5/h6-11H,1-5H3. The first kappa shape index (κ1) is 15.6. The number of hydrogen-bond acceptors (Lipinski definition) is 3. The van der Waals surface area contributed by atoms with Gasteiger partial charge in [-0.25, -0.2) is 9.97 Å². The van der Waals surface area contributed by atoms with Crippen molar-refractivity contribution in [3.8, 4) is 17.3 Å². The van der Waals surface area contributed by atoms with Crippen LogP contribution in [0, 0.1) is 20.8 Å². The largest absolute Gasteiger partial charge is 0.481 e. The van der Waals surface area contributed by atoms with Gasteiger partial charge in [-0.15, -0.1) is 0 Å². The average molecular weight is 331 g/mol. The molecule has 25 heavy (non-hydrogen) atoms. The summed E-state index contributed by atoms with van der Waals surface area (Å²) < 4.78 is 7.41. The van der Waals surface area contributed by atoms with E-state index < -0.39 is 0 Å². The maximum absolute atomic E-state index is 5.25. The summed E-state index contributed by atoms with van der Waals surface area (Å²) in [6.07, 6.45) is 0. The Bertz CT molecular complexity index is 1130. The van der Waals surface area contributed by atoms with Gasteiger partial charge in [0.1, 0.15) is 5.82 Å². The lowest BCUT2D eigenvalue weighted by Gasteiger charge is -2.08. The van der Waals surface area contributed by atoms with E-state index in [-0.39, 0.29) is 0 Å². The fourth-order valence-electron chi connectivity index (χ4n) is 3.34. The number of nitrogens with zero attached hydrogens (tertiary/aromatic N) is 3. The quantitative estimate of drug-likeness (QED) is 0.533. The predicted molar refractivity (Wildman–Crippen MR) is 102 cm³/mol. The lowest BCUT2D eigenvalue weighted by molar-refractivity contribution is 0.399. The molecule has 4 heteroatoms. The SMILES string of the molecule is COc1ccc2cc(-c3nc4cc(C)c(C)cc4n3C)cc(C)c2n1. The fraction of sp³-hybridized carbons (Fsp3) is 0.238. The maximum atomic E-state index is 5.25. The molecule has 0 unspecified atom stereocenters. The molecular weight excluding hydrogens is 310 g/mol. The molecule has 0 radical (unpaired) electrons. The van der Waals surface area contributed by atoms with E-state index in [1.807, 2.05) is 6.07 Å². The second-order valence-corrected chi connectivity index (χ2v) is 6.64. The predicted octanol–water partition coefficient (Wildman–Crippen LogP) is 4.72. The third-order valence-electron chi connectivity index (χ3n) is 4.92. The van der Waals surface area contributed by atoms with E-state index in [4.69, 9.17) is 9.72 Å². The Hall–Kier alpha value is -2.88. The summed E-state index contributed by atoms with van der Waals surface area (Å²) in [5.74, 6) is 1.61. The summed E-state index contributed by atoms with van der Waals surface area (Å²) in [5.41, 5.74) is 7.93. The molecule has 0 aliphatic heterocycles. The van der Waals surface area contributed by atoms with Crippen LogP contribution in [-0.2, 0) is 7.05 Å². The van der Waals surface area contributed by atoms with E-state index in [1.165, 1.54) is 11.1 Å². The minimum Gasteiger partial charge on any atom is -0.481 e. The number of aromatic nitrogens is 3. The third kappa shape index (κ3) is 2.45. The van der Waals surface area contributed by atoms with Gasteiger partial charge >= 0.3 is 0 Å². The molecule has 0 atom stereocenters. The van der Waals surface area contributed by atoms with Crippen LogP contribution in [0.4, 0.5) is 0 Å². The topological polar surface area (TPSA) is 39.9 Å². The van der Waals surface area contributed by atoms with Gasteiger partial charge in [0, 0.05) is 24.1 Å². The van der Waals surface area contributed by atoms with Crippen LogP contribution >= 0.6 is 0 Å². The fourth-order valence-corrected chi connectivity index (χ4v) is 3.34. The van der Waals surface area contributed by atoms with E-state index in [0.717, 1.165) is 38.9 Å². The minimum absolute atomic E-state index is 0.636. The Morgan fingerprint density at radius 1 is 0.880 bits per heavy atom. The molecule has 0 saturated carbocycles. The molecule has 0 spiro atoms. The highest BCUT2D eigenvalue weighted by molar-refractivity contribution is 5.89. The number of aryl methyl sites for hydroxylation is 4. The number of hydrogen-bond donors (Lipinski definition) is 0. The monoisotopic (exact) mass is 331 g/mol. The number of fused-ring (bicyclic) bond motifs is 2. The van der Waals surface area contributed by atoms with Gasteiger partial charge in [0.2, 0.25) is 5.88 Å². The van der Waals surface area contributed by atoms with Gasteiger partial charge in [-0.05, 0) is 67.8 Å². The van der Waals surface area contributed by atoms with E-state index >= 15 is 0 Å². The molecular formula is C21H21N3O. The highest BCUT2D eigenvalue weighted by Crippen LogP contribution is 2.30. The smallest absolute Gasteiger partial charge is 0.213 e. The van der Waals surface area contributed by atoms with Crippen LogP contribution in [0.2, 0.25) is 0 Å². The van der Waals surface area contributed by atoms with Crippen molar-refractivity contribution < 1.29 is 4.74 Å². The highest BCUT2D eigenvalue weighted by atomic mass is 16.5. The number of benzene rings is 2. The van der Waals surface area contributed by atoms with Crippen molar-refractivity contribution in [3.05, 3.63) is 53.1 Å². The lowest BCUT2D eigenvalue weighted by atomic mass is 10.1. The number of methoxy groups -OCH3 is 1. The Kier molecular flexibility index (Phi) is 3.49. The van der Waals surface area contributed by atoms with Gasteiger partial charge in [0.05, 0.1) is 23.7 Å². The van der Waals surface area contributed by atoms with Gasteiger partial charge in [-0.3, -0.25) is 0 Å². The van der Waals surface area contributed by atoms with Gasteiger partial charge < -0.3 is 9.30 Å². The average Bonchev–Trinajstić information content (AvgIpc) is 2.91. The van der Waals surface area contributed by atoms with Gasteiger partial charge in [-0.2, -0.15) is 0 Å². The second-order valence-electron chi connectivity index (χ2n) is 6.64. The number of imidazole rings is 1. The van der Waals surface area contributed by atoms with Gasteiger partial charge in [-0.1, -0.05) is 0 Å². The maximum Gasteiger partial charge on any atom is 0.213 e. The van der Waals surface area contributed by atoms with Crippen molar-refractivity contribution in [3.63, 3.8) is 0 Å². The Labute approximate surface area is 147 Å². The molecule has 0 bridgehead atoms. The van der Waals surface area contributed by atoms with Crippen LogP contribution in [0.5, 0.6) is 5.88 Å². The van der Waals surface area contributed by atoms with Crippen molar-refractivity contribution in [1.82, 2.24) is 14.5 Å². The van der Waals surface area contributed by atoms with Crippen LogP contribution < -0.4 is 4.74 Å². The summed E-state index contributed by atoms with van der Waals surface area (Å²) in [6, 6.07) is 12.6. The summed E-state index contributed by atoms with van der Waals surface area (Å²) in [4.78, 5) is 9.45. The Morgan fingerprint density at radius 3 is 2.40 bits per heavy atom. The second kappa shape index (κ2) is 5.59. The highest BCUT2D eigenvalue weighted by Gasteiger charge is 2.13. The van der Waals surface area contributed by atoms with Crippen molar-refractivity contribution in [2.75, 3.05) is 7.11 Å². The molecule has 0 amide bonds. The molecule has 0 N–H and O–H groups in total. The molecule has 0 aliphatic carbocycles. The van der Waals surface area contributed by atoms with Crippen molar-refractivity contribution in [1.29, 1.82) is 0 Å². The van der Waals surface area contributed by atoms with E-state index in [0.29, 0.717) is 5.88 Å². The third-order valence-corrected chi connectivity index (χ3v) is 4.92. The molecule has 4 rings (SSSR count). The van der Waals surface area contributed by atoms with E-state index in [2.05, 4.69) is 67.7 Å². The van der Waals surface area contributed by atoms with Crippen LogP contribution in [0.3, 0.4) is 0 Å². The van der Waals surface area contributed by atoms with Crippen LogP contribution in [0.1, 0.15) is 16.7 Å². The molecule has 4 aromatic rings. The Balaban J connectivity index is 1.95. The van der Waals surface area contributed by atoms with Crippen LogP contribution in [-0.4, -0.2) is 21.6 Å². The summed E-state index contributed by atoms with van der Waals surface area (Å²) in [7, 11) is 3.71. The molecule has 2 aromatic heterocycles. The molecule has 0 fully saturated rings. The normalized spacial score (nSPS) is 11.4. The minimum atomic E-state index is 0.636. The first-order valence-corrected chi connectivity index (χ1v) is 8.37.